The predicted molar refractivity (Wildman–Crippen MR) is 80.0 cm³/mol. The number of anilines is 2. The first-order valence-electron chi connectivity index (χ1n) is 5.60. The molecule has 3 N–H and O–H groups in total. The SMILES string of the molecule is Cc1cc(N)ccc1NC(=O)c1cccc(Cl)c1Cl. The highest BCUT2D eigenvalue weighted by Gasteiger charge is 2.13. The lowest BCUT2D eigenvalue weighted by molar-refractivity contribution is 0.102. The van der Waals surface area contributed by atoms with E-state index >= 15 is 0 Å². The predicted octanol–water partition coefficient (Wildman–Crippen LogP) is 4.14. The summed E-state index contributed by atoms with van der Waals surface area (Å²) in [7, 11) is 0. The van der Waals surface area contributed by atoms with Crippen molar-refractivity contribution < 1.29 is 4.79 Å². The van der Waals surface area contributed by atoms with E-state index in [1.165, 1.54) is 0 Å². The Morgan fingerprint density at radius 1 is 1.21 bits per heavy atom. The largest absolute Gasteiger partial charge is 0.399 e. The molecule has 2 aromatic carbocycles. The lowest BCUT2D eigenvalue weighted by atomic mass is 10.1. The molecule has 1 amide bonds. The van der Waals surface area contributed by atoms with Gasteiger partial charge in [-0.15, -0.1) is 0 Å². The van der Waals surface area contributed by atoms with Crippen LogP contribution in [0.15, 0.2) is 36.4 Å². The summed E-state index contributed by atoms with van der Waals surface area (Å²) >= 11 is 11.9. The normalized spacial score (nSPS) is 10.3. The van der Waals surface area contributed by atoms with Crippen LogP contribution >= 0.6 is 23.2 Å². The third kappa shape index (κ3) is 3.00. The summed E-state index contributed by atoms with van der Waals surface area (Å²) in [6.45, 7) is 1.87. The first kappa shape index (κ1) is 13.7. The molecule has 0 aliphatic carbocycles. The van der Waals surface area contributed by atoms with Crippen LogP contribution in [0, 0.1) is 6.92 Å². The van der Waals surface area contributed by atoms with Gasteiger partial charge in [0.1, 0.15) is 0 Å². The van der Waals surface area contributed by atoms with Crippen LogP contribution in [0.4, 0.5) is 11.4 Å². The minimum Gasteiger partial charge on any atom is -0.399 e. The van der Waals surface area contributed by atoms with E-state index in [4.69, 9.17) is 28.9 Å². The van der Waals surface area contributed by atoms with Gasteiger partial charge in [0.15, 0.2) is 0 Å². The number of hydrogen-bond donors (Lipinski definition) is 2. The van der Waals surface area contributed by atoms with Crippen LogP contribution < -0.4 is 11.1 Å². The number of amides is 1. The van der Waals surface area contributed by atoms with E-state index in [0.717, 1.165) is 5.56 Å². The monoisotopic (exact) mass is 294 g/mol. The second kappa shape index (κ2) is 5.51. The first-order valence-corrected chi connectivity index (χ1v) is 6.36. The fraction of sp³-hybridized carbons (Fsp3) is 0.0714. The van der Waals surface area contributed by atoms with E-state index in [9.17, 15) is 4.79 Å². The number of carbonyl (C=O) groups excluding carboxylic acids is 1. The molecule has 0 aliphatic rings. The molecule has 0 aliphatic heterocycles. The topological polar surface area (TPSA) is 55.1 Å². The number of nitrogens with two attached hydrogens (primary N) is 1. The van der Waals surface area contributed by atoms with E-state index in [0.29, 0.717) is 22.0 Å². The second-order valence-electron chi connectivity index (χ2n) is 4.13. The number of halogens is 2. The van der Waals surface area contributed by atoms with Gasteiger partial charge in [-0.25, -0.2) is 0 Å². The van der Waals surface area contributed by atoms with Crippen molar-refractivity contribution in [1.29, 1.82) is 0 Å². The summed E-state index contributed by atoms with van der Waals surface area (Å²) in [5, 5.41) is 3.38. The molecule has 0 aromatic heterocycles. The minimum absolute atomic E-state index is 0.245. The Bertz CT molecular complexity index is 641. The Hall–Kier alpha value is -1.71. The molecule has 19 heavy (non-hydrogen) atoms. The first-order chi connectivity index (χ1) is 8.99. The fourth-order valence-electron chi connectivity index (χ4n) is 1.70. The Morgan fingerprint density at radius 2 is 1.95 bits per heavy atom. The molecule has 3 nitrogen and oxygen atoms in total. The van der Waals surface area contributed by atoms with Crippen LogP contribution in [-0.2, 0) is 0 Å². The Labute approximate surface area is 121 Å². The Balaban J connectivity index is 2.28. The number of carbonyl (C=O) groups is 1. The summed E-state index contributed by atoms with van der Waals surface area (Å²) in [6.07, 6.45) is 0. The minimum atomic E-state index is -0.305. The van der Waals surface area contributed by atoms with Gasteiger partial charge in [0.2, 0.25) is 0 Å². The average molecular weight is 295 g/mol. The van der Waals surface area contributed by atoms with Crippen LogP contribution in [-0.4, -0.2) is 5.91 Å². The highest BCUT2D eigenvalue weighted by molar-refractivity contribution is 6.44. The zero-order valence-electron chi connectivity index (χ0n) is 10.2. The van der Waals surface area contributed by atoms with Gasteiger partial charge in [0, 0.05) is 11.4 Å². The van der Waals surface area contributed by atoms with Gasteiger partial charge in [-0.3, -0.25) is 4.79 Å². The molecule has 5 heteroatoms. The van der Waals surface area contributed by atoms with Crippen molar-refractivity contribution in [3.8, 4) is 0 Å². The third-order valence-electron chi connectivity index (χ3n) is 2.69. The van der Waals surface area contributed by atoms with E-state index in [2.05, 4.69) is 5.32 Å². The molecule has 0 spiro atoms. The molecule has 0 atom stereocenters. The molecule has 2 rings (SSSR count). The van der Waals surface area contributed by atoms with Crippen molar-refractivity contribution in [2.75, 3.05) is 11.1 Å². The maximum absolute atomic E-state index is 12.1. The van der Waals surface area contributed by atoms with Gasteiger partial charge in [-0.05, 0) is 42.8 Å². The van der Waals surface area contributed by atoms with Crippen LogP contribution in [0.5, 0.6) is 0 Å². The Morgan fingerprint density at radius 3 is 2.63 bits per heavy atom. The zero-order chi connectivity index (χ0) is 14.0. The van der Waals surface area contributed by atoms with Crippen LogP contribution in [0.25, 0.3) is 0 Å². The van der Waals surface area contributed by atoms with E-state index in [1.807, 2.05) is 6.92 Å². The number of benzene rings is 2. The van der Waals surface area contributed by atoms with Crippen LogP contribution in [0.2, 0.25) is 10.0 Å². The van der Waals surface area contributed by atoms with Gasteiger partial charge in [-0.1, -0.05) is 29.3 Å². The summed E-state index contributed by atoms with van der Waals surface area (Å²) < 4.78 is 0. The third-order valence-corrected chi connectivity index (χ3v) is 3.51. The molecule has 0 saturated heterocycles. The van der Waals surface area contributed by atoms with E-state index in [-0.39, 0.29) is 10.9 Å². The van der Waals surface area contributed by atoms with Crippen molar-refractivity contribution in [3.05, 3.63) is 57.6 Å². The maximum atomic E-state index is 12.1. The molecule has 0 unspecified atom stereocenters. The van der Waals surface area contributed by atoms with Crippen molar-refractivity contribution in [2.24, 2.45) is 0 Å². The van der Waals surface area contributed by atoms with E-state index in [1.54, 1.807) is 36.4 Å². The molecule has 0 heterocycles. The number of nitrogen functional groups attached to an aromatic ring is 1. The van der Waals surface area contributed by atoms with Gasteiger partial charge in [0.25, 0.3) is 5.91 Å². The number of rotatable bonds is 2. The highest BCUT2D eigenvalue weighted by atomic mass is 35.5. The van der Waals surface area contributed by atoms with Crippen molar-refractivity contribution in [2.45, 2.75) is 6.92 Å². The van der Waals surface area contributed by atoms with Gasteiger partial charge in [0.05, 0.1) is 15.6 Å². The van der Waals surface area contributed by atoms with Gasteiger partial charge >= 0.3 is 0 Å². The van der Waals surface area contributed by atoms with E-state index < -0.39 is 0 Å². The number of aryl methyl sites for hydroxylation is 1. The quantitative estimate of drug-likeness (QED) is 0.818. The fourth-order valence-corrected chi connectivity index (χ4v) is 2.08. The molecule has 98 valence electrons. The average Bonchev–Trinajstić information content (AvgIpc) is 2.36. The summed E-state index contributed by atoms with van der Waals surface area (Å²) in [4.78, 5) is 12.1. The van der Waals surface area contributed by atoms with Crippen molar-refractivity contribution in [3.63, 3.8) is 0 Å². The molecule has 0 radical (unpaired) electrons. The lowest BCUT2D eigenvalue weighted by Gasteiger charge is -2.10. The standard InChI is InChI=1S/C14H12Cl2N2O/c1-8-7-9(17)5-6-12(8)18-14(19)10-3-2-4-11(15)13(10)16/h2-7H,17H2,1H3,(H,18,19). The lowest BCUT2D eigenvalue weighted by Crippen LogP contribution is -2.13. The maximum Gasteiger partial charge on any atom is 0.257 e. The summed E-state index contributed by atoms with van der Waals surface area (Å²) in [5.41, 5.74) is 8.22. The van der Waals surface area contributed by atoms with Crippen molar-refractivity contribution in [1.82, 2.24) is 0 Å². The van der Waals surface area contributed by atoms with Crippen molar-refractivity contribution >= 4 is 40.5 Å². The highest BCUT2D eigenvalue weighted by Crippen LogP contribution is 2.26. The second-order valence-corrected chi connectivity index (χ2v) is 4.92. The molecule has 0 bridgehead atoms. The summed E-state index contributed by atoms with van der Waals surface area (Å²) in [5.74, 6) is -0.305. The molecule has 0 saturated carbocycles. The van der Waals surface area contributed by atoms with Gasteiger partial charge < -0.3 is 11.1 Å². The van der Waals surface area contributed by atoms with Crippen LogP contribution in [0.3, 0.4) is 0 Å². The Kier molecular flexibility index (Phi) is 3.98. The molecular formula is C14H12Cl2N2O. The molecular weight excluding hydrogens is 283 g/mol. The summed E-state index contributed by atoms with van der Waals surface area (Å²) in [6, 6.07) is 10.2. The van der Waals surface area contributed by atoms with Gasteiger partial charge in [-0.2, -0.15) is 0 Å². The van der Waals surface area contributed by atoms with Crippen LogP contribution in [0.1, 0.15) is 15.9 Å². The number of nitrogens with one attached hydrogen (secondary N) is 1. The smallest absolute Gasteiger partial charge is 0.257 e. The molecule has 2 aromatic rings. The number of hydrogen-bond acceptors (Lipinski definition) is 2. The molecule has 0 fully saturated rings. The zero-order valence-corrected chi connectivity index (χ0v) is 11.7.